The molecule has 1 aromatic carbocycles. The highest BCUT2D eigenvalue weighted by atomic mass is 16.1. The van der Waals surface area contributed by atoms with Crippen LogP contribution in [0.3, 0.4) is 0 Å². The first-order valence-electron chi connectivity index (χ1n) is 6.90. The van der Waals surface area contributed by atoms with E-state index >= 15 is 0 Å². The van der Waals surface area contributed by atoms with Gasteiger partial charge in [0.25, 0.3) is 5.91 Å². The van der Waals surface area contributed by atoms with Gasteiger partial charge in [-0.05, 0) is 43.2 Å². The quantitative estimate of drug-likeness (QED) is 0.775. The molecule has 0 saturated heterocycles. The van der Waals surface area contributed by atoms with Gasteiger partial charge in [0.15, 0.2) is 0 Å². The van der Waals surface area contributed by atoms with Crippen LogP contribution in [0.5, 0.6) is 0 Å². The molecule has 0 bridgehead atoms. The number of imidazole rings is 1. The van der Waals surface area contributed by atoms with E-state index in [-0.39, 0.29) is 5.91 Å². The molecule has 0 fully saturated rings. The van der Waals surface area contributed by atoms with E-state index in [1.54, 1.807) is 10.6 Å². The Kier molecular flexibility index (Phi) is 3.25. The zero-order valence-electron chi connectivity index (χ0n) is 12.4. The summed E-state index contributed by atoms with van der Waals surface area (Å²) >= 11 is 0. The first-order chi connectivity index (χ1) is 10.1. The summed E-state index contributed by atoms with van der Waals surface area (Å²) in [5, 5.41) is 2.88. The highest BCUT2D eigenvalue weighted by Crippen LogP contribution is 2.19. The number of nitrogens with zero attached hydrogens (tertiary/aromatic N) is 2. The minimum absolute atomic E-state index is 0.101. The Morgan fingerprint density at radius 3 is 2.86 bits per heavy atom. The minimum Gasteiger partial charge on any atom is -0.347 e. The maximum absolute atomic E-state index is 12.1. The number of fused-ring (bicyclic) bond motifs is 1. The number of H-pyrrole nitrogens is 1. The zero-order chi connectivity index (χ0) is 15.0. The van der Waals surface area contributed by atoms with Crippen molar-refractivity contribution in [2.75, 3.05) is 0 Å². The molecule has 3 aromatic rings. The van der Waals surface area contributed by atoms with E-state index in [1.807, 2.05) is 25.4 Å². The fraction of sp³-hybridized carbons (Fsp3) is 0.250. The number of hydrogen-bond donors (Lipinski definition) is 2. The highest BCUT2D eigenvalue weighted by Gasteiger charge is 2.11. The number of amides is 1. The fourth-order valence-corrected chi connectivity index (χ4v) is 2.40. The molecule has 5 heteroatoms. The van der Waals surface area contributed by atoms with Gasteiger partial charge < -0.3 is 14.9 Å². The van der Waals surface area contributed by atoms with Crippen molar-refractivity contribution in [3.63, 3.8) is 0 Å². The number of nitrogens with one attached hydrogen (secondary N) is 2. The summed E-state index contributed by atoms with van der Waals surface area (Å²) in [4.78, 5) is 19.9. The average molecular weight is 282 g/mol. The van der Waals surface area contributed by atoms with E-state index in [1.165, 1.54) is 11.1 Å². The van der Waals surface area contributed by atoms with Crippen LogP contribution in [0.15, 0.2) is 30.5 Å². The lowest BCUT2D eigenvalue weighted by Gasteiger charge is -2.04. The van der Waals surface area contributed by atoms with E-state index in [9.17, 15) is 4.79 Å². The van der Waals surface area contributed by atoms with Crippen molar-refractivity contribution >= 4 is 16.9 Å². The number of hydrogen-bond acceptors (Lipinski definition) is 2. The molecular formula is C16H18N4O. The molecule has 21 heavy (non-hydrogen) atoms. The third-order valence-electron chi connectivity index (χ3n) is 3.82. The Morgan fingerprint density at radius 1 is 1.33 bits per heavy atom. The SMILES string of the molecule is Cc1ccc2[nH]c(CNC(=O)c3cccn3C)nc2c1C. The Bertz CT molecular complexity index is 813. The van der Waals surface area contributed by atoms with E-state index in [0.29, 0.717) is 12.2 Å². The minimum atomic E-state index is -0.101. The highest BCUT2D eigenvalue weighted by molar-refractivity contribution is 5.92. The second-order valence-electron chi connectivity index (χ2n) is 5.27. The van der Waals surface area contributed by atoms with Crippen LogP contribution in [0.1, 0.15) is 27.4 Å². The molecule has 2 heterocycles. The summed E-state index contributed by atoms with van der Waals surface area (Å²) in [6.07, 6.45) is 1.85. The van der Waals surface area contributed by atoms with Gasteiger partial charge in [0.1, 0.15) is 11.5 Å². The lowest BCUT2D eigenvalue weighted by Crippen LogP contribution is -2.25. The van der Waals surface area contributed by atoms with Crippen molar-refractivity contribution in [1.82, 2.24) is 19.9 Å². The molecule has 2 aromatic heterocycles. The summed E-state index contributed by atoms with van der Waals surface area (Å²) in [5.74, 6) is 0.664. The van der Waals surface area contributed by atoms with Gasteiger partial charge in [-0.2, -0.15) is 0 Å². The second-order valence-corrected chi connectivity index (χ2v) is 5.27. The largest absolute Gasteiger partial charge is 0.347 e. The topological polar surface area (TPSA) is 62.7 Å². The molecular weight excluding hydrogens is 264 g/mol. The van der Waals surface area contributed by atoms with Gasteiger partial charge in [-0.15, -0.1) is 0 Å². The number of aromatic amines is 1. The molecule has 0 aliphatic heterocycles. The molecule has 0 radical (unpaired) electrons. The van der Waals surface area contributed by atoms with Crippen LogP contribution < -0.4 is 5.32 Å². The maximum atomic E-state index is 12.1. The summed E-state index contributed by atoms with van der Waals surface area (Å²) in [7, 11) is 1.85. The van der Waals surface area contributed by atoms with Crippen LogP contribution in [0.2, 0.25) is 0 Å². The van der Waals surface area contributed by atoms with Crippen LogP contribution >= 0.6 is 0 Å². The molecule has 0 unspecified atom stereocenters. The van der Waals surface area contributed by atoms with Crippen molar-refractivity contribution < 1.29 is 4.79 Å². The van der Waals surface area contributed by atoms with Crippen molar-refractivity contribution in [3.8, 4) is 0 Å². The summed E-state index contributed by atoms with van der Waals surface area (Å²) in [6, 6.07) is 7.74. The molecule has 1 amide bonds. The first kappa shape index (κ1) is 13.4. The van der Waals surface area contributed by atoms with Gasteiger partial charge in [-0.25, -0.2) is 4.98 Å². The fourth-order valence-electron chi connectivity index (χ4n) is 2.40. The van der Waals surface area contributed by atoms with Gasteiger partial charge >= 0.3 is 0 Å². The molecule has 0 spiro atoms. The molecule has 0 saturated carbocycles. The Balaban J connectivity index is 1.78. The maximum Gasteiger partial charge on any atom is 0.268 e. The van der Waals surface area contributed by atoms with Gasteiger partial charge in [0, 0.05) is 13.2 Å². The molecule has 0 atom stereocenters. The van der Waals surface area contributed by atoms with E-state index in [0.717, 1.165) is 16.9 Å². The van der Waals surface area contributed by atoms with Gasteiger partial charge in [0.05, 0.1) is 17.6 Å². The number of carbonyl (C=O) groups excluding carboxylic acids is 1. The summed E-state index contributed by atoms with van der Waals surface area (Å²) in [5.41, 5.74) is 5.00. The molecule has 5 nitrogen and oxygen atoms in total. The van der Waals surface area contributed by atoms with Crippen molar-refractivity contribution in [2.45, 2.75) is 20.4 Å². The third kappa shape index (κ3) is 2.42. The zero-order valence-corrected chi connectivity index (χ0v) is 12.4. The normalized spacial score (nSPS) is 11.0. The van der Waals surface area contributed by atoms with Crippen LogP contribution in [0.4, 0.5) is 0 Å². The predicted octanol–water partition coefficient (Wildman–Crippen LogP) is 2.45. The van der Waals surface area contributed by atoms with Crippen molar-refractivity contribution in [1.29, 1.82) is 0 Å². The first-order valence-corrected chi connectivity index (χ1v) is 6.90. The third-order valence-corrected chi connectivity index (χ3v) is 3.82. The predicted molar refractivity (Wildman–Crippen MR) is 82.2 cm³/mol. The Labute approximate surface area is 123 Å². The lowest BCUT2D eigenvalue weighted by molar-refractivity contribution is 0.0942. The van der Waals surface area contributed by atoms with E-state index in [2.05, 4.69) is 35.2 Å². The molecule has 2 N–H and O–H groups in total. The molecule has 0 aliphatic rings. The molecule has 0 aliphatic carbocycles. The van der Waals surface area contributed by atoms with Crippen molar-refractivity contribution in [3.05, 3.63) is 53.1 Å². The van der Waals surface area contributed by atoms with Crippen LogP contribution in [-0.4, -0.2) is 20.4 Å². The van der Waals surface area contributed by atoms with Gasteiger partial charge in [-0.1, -0.05) is 6.07 Å². The van der Waals surface area contributed by atoms with Crippen LogP contribution in [0, 0.1) is 13.8 Å². The number of carbonyl (C=O) groups is 1. The monoisotopic (exact) mass is 282 g/mol. The van der Waals surface area contributed by atoms with Crippen LogP contribution in [0.25, 0.3) is 11.0 Å². The number of aromatic nitrogens is 3. The standard InChI is InChI=1S/C16H18N4O/c1-10-6-7-12-15(11(10)2)19-14(18-12)9-17-16(21)13-5-4-8-20(13)3/h4-8H,9H2,1-3H3,(H,17,21)(H,18,19). The summed E-state index contributed by atoms with van der Waals surface area (Å²) < 4.78 is 1.79. The molecule has 3 rings (SSSR count). The Hall–Kier alpha value is -2.56. The number of rotatable bonds is 3. The Morgan fingerprint density at radius 2 is 2.14 bits per heavy atom. The smallest absolute Gasteiger partial charge is 0.268 e. The van der Waals surface area contributed by atoms with Crippen molar-refractivity contribution in [2.24, 2.45) is 7.05 Å². The van der Waals surface area contributed by atoms with E-state index in [4.69, 9.17) is 0 Å². The second kappa shape index (κ2) is 5.09. The number of aryl methyl sites for hydroxylation is 3. The van der Waals surface area contributed by atoms with Gasteiger partial charge in [0.2, 0.25) is 0 Å². The average Bonchev–Trinajstić information content (AvgIpc) is 3.07. The molecule has 108 valence electrons. The number of benzene rings is 1. The summed E-state index contributed by atoms with van der Waals surface area (Å²) in [6.45, 7) is 4.52. The van der Waals surface area contributed by atoms with E-state index < -0.39 is 0 Å². The van der Waals surface area contributed by atoms with Gasteiger partial charge in [-0.3, -0.25) is 4.79 Å². The van der Waals surface area contributed by atoms with Crippen LogP contribution in [-0.2, 0) is 13.6 Å². The lowest BCUT2D eigenvalue weighted by atomic mass is 10.1.